The molecule has 1 aromatic heterocycles. The van der Waals surface area contributed by atoms with Crippen LogP contribution in [-0.2, 0) is 6.42 Å². The van der Waals surface area contributed by atoms with Crippen molar-refractivity contribution in [2.24, 2.45) is 0 Å². The van der Waals surface area contributed by atoms with E-state index >= 15 is 0 Å². The van der Waals surface area contributed by atoms with Gasteiger partial charge in [-0.1, -0.05) is 60.7 Å². The maximum absolute atomic E-state index is 9.36. The summed E-state index contributed by atoms with van der Waals surface area (Å²) in [5.74, 6) is 0.674. The second kappa shape index (κ2) is 7.10. The monoisotopic (exact) mass is 306 g/mol. The Kier molecular flexibility index (Phi) is 4.71. The summed E-state index contributed by atoms with van der Waals surface area (Å²) < 4.78 is 0. The van der Waals surface area contributed by atoms with Crippen LogP contribution in [0.25, 0.3) is 6.08 Å². The van der Waals surface area contributed by atoms with Gasteiger partial charge in [-0.15, -0.1) is 11.3 Å². The van der Waals surface area contributed by atoms with E-state index in [-0.39, 0.29) is 0 Å². The molecule has 110 valence electrons. The lowest BCUT2D eigenvalue weighted by molar-refractivity contribution is 0.475. The molecule has 1 heterocycles. The average molecular weight is 306 g/mol. The lowest BCUT2D eigenvalue weighted by atomic mass is 9.96. The number of hydrogen-bond acceptors (Lipinski definition) is 2. The highest BCUT2D eigenvalue weighted by molar-refractivity contribution is 7.10. The summed E-state index contributed by atoms with van der Waals surface area (Å²) in [6, 6.07) is 22.2. The summed E-state index contributed by atoms with van der Waals surface area (Å²) >= 11 is 1.80. The quantitative estimate of drug-likeness (QED) is 0.660. The van der Waals surface area contributed by atoms with E-state index in [4.69, 9.17) is 0 Å². The Morgan fingerprint density at radius 2 is 1.68 bits per heavy atom. The minimum Gasteiger partial charge on any atom is -0.508 e. The minimum atomic E-state index is 0.302. The molecule has 2 aromatic carbocycles. The van der Waals surface area contributed by atoms with E-state index in [0.29, 0.717) is 11.7 Å². The molecule has 2 heteroatoms. The molecule has 0 radical (unpaired) electrons. The third-order valence-corrected chi connectivity index (χ3v) is 4.63. The number of thiophene rings is 1. The standard InChI is InChI=1S/C20H18OS/c21-19-12-9-16(10-13-19)8-11-18(20-7-4-14-22-20)15-17-5-2-1-3-6-17/h1-14,18,21H,15H2. The van der Waals surface area contributed by atoms with E-state index in [1.165, 1.54) is 10.4 Å². The Bertz CT molecular complexity index is 712. The molecule has 1 nitrogen and oxygen atoms in total. The van der Waals surface area contributed by atoms with E-state index in [1.807, 2.05) is 12.1 Å². The Labute approximate surface area is 135 Å². The maximum atomic E-state index is 9.36. The first-order valence-electron chi connectivity index (χ1n) is 7.36. The molecule has 3 rings (SSSR count). The van der Waals surface area contributed by atoms with Gasteiger partial charge in [0.1, 0.15) is 5.75 Å². The average Bonchev–Trinajstić information content (AvgIpc) is 3.08. The summed E-state index contributed by atoms with van der Waals surface area (Å²) in [6.45, 7) is 0. The third kappa shape index (κ3) is 3.86. The fourth-order valence-electron chi connectivity index (χ4n) is 2.45. The van der Waals surface area contributed by atoms with Gasteiger partial charge in [-0.25, -0.2) is 0 Å². The molecule has 1 atom stereocenters. The van der Waals surface area contributed by atoms with Crippen LogP contribution in [-0.4, -0.2) is 5.11 Å². The Morgan fingerprint density at radius 3 is 2.36 bits per heavy atom. The van der Waals surface area contributed by atoms with Crippen LogP contribution in [0.1, 0.15) is 21.9 Å². The third-order valence-electron chi connectivity index (χ3n) is 3.62. The molecule has 1 unspecified atom stereocenters. The zero-order valence-corrected chi connectivity index (χ0v) is 13.0. The van der Waals surface area contributed by atoms with Gasteiger partial charge >= 0.3 is 0 Å². The second-order valence-corrected chi connectivity index (χ2v) is 6.24. The van der Waals surface area contributed by atoms with Gasteiger partial charge in [0.25, 0.3) is 0 Å². The summed E-state index contributed by atoms with van der Waals surface area (Å²) in [6.07, 6.45) is 5.38. The van der Waals surface area contributed by atoms with Crippen molar-refractivity contribution in [1.82, 2.24) is 0 Å². The van der Waals surface area contributed by atoms with Gasteiger partial charge in [-0.3, -0.25) is 0 Å². The summed E-state index contributed by atoms with van der Waals surface area (Å²) in [5.41, 5.74) is 2.45. The molecule has 0 saturated heterocycles. The molecule has 22 heavy (non-hydrogen) atoms. The molecule has 0 amide bonds. The second-order valence-electron chi connectivity index (χ2n) is 5.26. The van der Waals surface area contributed by atoms with Crippen molar-refractivity contribution in [3.63, 3.8) is 0 Å². The van der Waals surface area contributed by atoms with Crippen LogP contribution >= 0.6 is 11.3 Å². The zero-order valence-electron chi connectivity index (χ0n) is 12.2. The first kappa shape index (κ1) is 14.6. The van der Waals surface area contributed by atoms with Gasteiger partial charge in [0.05, 0.1) is 0 Å². The van der Waals surface area contributed by atoms with Crippen molar-refractivity contribution in [2.45, 2.75) is 12.3 Å². The number of phenolic OH excluding ortho intramolecular Hbond substituents is 1. The Balaban J connectivity index is 1.81. The lowest BCUT2D eigenvalue weighted by Crippen LogP contribution is -1.97. The van der Waals surface area contributed by atoms with Crippen molar-refractivity contribution < 1.29 is 5.11 Å². The van der Waals surface area contributed by atoms with Crippen LogP contribution < -0.4 is 0 Å². The maximum Gasteiger partial charge on any atom is 0.115 e. The lowest BCUT2D eigenvalue weighted by Gasteiger charge is -2.11. The first-order chi connectivity index (χ1) is 10.8. The van der Waals surface area contributed by atoms with Crippen molar-refractivity contribution in [2.75, 3.05) is 0 Å². The fourth-order valence-corrected chi connectivity index (χ4v) is 3.25. The van der Waals surface area contributed by atoms with Gasteiger partial charge in [-0.2, -0.15) is 0 Å². The number of benzene rings is 2. The van der Waals surface area contributed by atoms with Gasteiger partial charge < -0.3 is 5.11 Å². The van der Waals surface area contributed by atoms with E-state index in [2.05, 4.69) is 60.0 Å². The van der Waals surface area contributed by atoms with E-state index in [1.54, 1.807) is 23.5 Å². The molecule has 3 aromatic rings. The predicted molar refractivity (Wildman–Crippen MR) is 94.3 cm³/mol. The Morgan fingerprint density at radius 1 is 0.909 bits per heavy atom. The molecule has 1 N–H and O–H groups in total. The predicted octanol–water partition coefficient (Wildman–Crippen LogP) is 5.49. The molecule has 0 aliphatic rings. The van der Waals surface area contributed by atoms with Crippen LogP contribution in [0.4, 0.5) is 0 Å². The first-order valence-corrected chi connectivity index (χ1v) is 8.24. The van der Waals surface area contributed by atoms with Gasteiger partial charge in [0.2, 0.25) is 0 Å². The molecular weight excluding hydrogens is 288 g/mol. The highest BCUT2D eigenvalue weighted by Gasteiger charge is 2.10. The van der Waals surface area contributed by atoms with Crippen LogP contribution in [0.15, 0.2) is 78.2 Å². The normalized spacial score (nSPS) is 12.5. The van der Waals surface area contributed by atoms with E-state index < -0.39 is 0 Å². The molecular formula is C20H18OS. The molecule has 0 saturated carbocycles. The van der Waals surface area contributed by atoms with Crippen molar-refractivity contribution in [1.29, 1.82) is 0 Å². The number of phenols is 1. The van der Waals surface area contributed by atoms with Crippen molar-refractivity contribution in [3.05, 3.63) is 94.2 Å². The van der Waals surface area contributed by atoms with Crippen LogP contribution in [0.2, 0.25) is 0 Å². The fraction of sp³-hybridized carbons (Fsp3) is 0.100. The highest BCUT2D eigenvalue weighted by atomic mass is 32.1. The number of aromatic hydroxyl groups is 1. The van der Waals surface area contributed by atoms with E-state index in [0.717, 1.165) is 12.0 Å². The zero-order chi connectivity index (χ0) is 15.2. The van der Waals surface area contributed by atoms with Crippen molar-refractivity contribution in [3.8, 4) is 5.75 Å². The number of allylic oxidation sites excluding steroid dienone is 1. The summed E-state index contributed by atoms with van der Waals surface area (Å²) in [5, 5.41) is 11.5. The smallest absolute Gasteiger partial charge is 0.115 e. The molecule has 0 aliphatic heterocycles. The molecule has 0 fully saturated rings. The van der Waals surface area contributed by atoms with Crippen LogP contribution in [0.3, 0.4) is 0 Å². The highest BCUT2D eigenvalue weighted by Crippen LogP contribution is 2.27. The molecule has 0 spiro atoms. The van der Waals surface area contributed by atoms with Gasteiger partial charge in [0.15, 0.2) is 0 Å². The topological polar surface area (TPSA) is 20.2 Å². The van der Waals surface area contributed by atoms with Crippen molar-refractivity contribution >= 4 is 17.4 Å². The summed E-state index contributed by atoms with van der Waals surface area (Å²) in [4.78, 5) is 1.37. The molecule has 0 bridgehead atoms. The van der Waals surface area contributed by atoms with Gasteiger partial charge in [-0.05, 0) is 41.1 Å². The molecule has 0 aliphatic carbocycles. The number of hydrogen-bond donors (Lipinski definition) is 1. The largest absolute Gasteiger partial charge is 0.508 e. The Hall–Kier alpha value is -2.32. The van der Waals surface area contributed by atoms with Crippen LogP contribution in [0, 0.1) is 0 Å². The summed E-state index contributed by atoms with van der Waals surface area (Å²) in [7, 11) is 0. The van der Waals surface area contributed by atoms with Gasteiger partial charge in [0, 0.05) is 10.8 Å². The van der Waals surface area contributed by atoms with E-state index in [9.17, 15) is 5.11 Å². The number of rotatable bonds is 5. The SMILES string of the molecule is Oc1ccc(C=CC(Cc2ccccc2)c2cccs2)cc1. The minimum absolute atomic E-state index is 0.302. The van der Waals surface area contributed by atoms with Crippen LogP contribution in [0.5, 0.6) is 5.75 Å².